The predicted molar refractivity (Wildman–Crippen MR) is 117 cm³/mol. The minimum atomic E-state index is -0.223. The molecule has 0 radical (unpaired) electrons. The number of hydrogen-bond donors (Lipinski definition) is 2. The van der Waals surface area contributed by atoms with Crippen LogP contribution in [0.1, 0.15) is 23.6 Å². The van der Waals surface area contributed by atoms with E-state index in [1.807, 2.05) is 13.0 Å². The molecule has 6 heteroatoms. The van der Waals surface area contributed by atoms with Gasteiger partial charge < -0.3 is 15.5 Å². The third-order valence-electron chi connectivity index (χ3n) is 3.60. The molecule has 2 aromatic rings. The summed E-state index contributed by atoms with van der Waals surface area (Å²) in [5, 5.41) is 6.47. The summed E-state index contributed by atoms with van der Waals surface area (Å²) in [6.45, 7) is 4.84. The second kappa shape index (κ2) is 11.9. The van der Waals surface area contributed by atoms with Crippen LogP contribution in [0.5, 0.6) is 0 Å². The lowest BCUT2D eigenvalue weighted by atomic mass is 10.1. The van der Waals surface area contributed by atoms with E-state index in [0.29, 0.717) is 13.1 Å². The molecule has 0 fully saturated rings. The summed E-state index contributed by atoms with van der Waals surface area (Å²) in [6, 6.07) is 15.0. The molecule has 0 aromatic heterocycles. The van der Waals surface area contributed by atoms with Crippen LogP contribution in [0.2, 0.25) is 0 Å². The Balaban J connectivity index is 0.00000338. The van der Waals surface area contributed by atoms with Gasteiger partial charge in [0, 0.05) is 19.6 Å². The van der Waals surface area contributed by atoms with Crippen molar-refractivity contribution in [1.29, 1.82) is 0 Å². The fourth-order valence-corrected chi connectivity index (χ4v) is 2.54. The maximum absolute atomic E-state index is 13.3. The Hall–Kier alpha value is -1.67. The number of hydrogen-bond acceptors (Lipinski definition) is 2. The highest BCUT2D eigenvalue weighted by atomic mass is 127. The topological polar surface area (TPSA) is 39.7 Å². The van der Waals surface area contributed by atoms with Gasteiger partial charge in [0.15, 0.2) is 5.96 Å². The highest BCUT2D eigenvalue weighted by Gasteiger charge is 2.01. The first-order valence-corrected chi connectivity index (χ1v) is 8.56. The summed E-state index contributed by atoms with van der Waals surface area (Å²) in [5.41, 5.74) is 3.33. The molecule has 0 spiro atoms. The molecule has 142 valence electrons. The van der Waals surface area contributed by atoms with Crippen LogP contribution < -0.4 is 10.6 Å². The first kappa shape index (κ1) is 22.4. The average molecular weight is 470 g/mol. The minimum Gasteiger partial charge on any atom is -0.357 e. The Morgan fingerprint density at radius 2 is 1.69 bits per heavy atom. The van der Waals surface area contributed by atoms with Gasteiger partial charge in [-0.1, -0.05) is 36.4 Å². The summed E-state index contributed by atoms with van der Waals surface area (Å²) in [4.78, 5) is 6.77. The predicted octanol–water partition coefficient (Wildman–Crippen LogP) is 3.76. The van der Waals surface area contributed by atoms with Gasteiger partial charge in [0.05, 0.1) is 6.54 Å². The second-order valence-electron chi connectivity index (χ2n) is 6.24. The zero-order chi connectivity index (χ0) is 18.1. The van der Waals surface area contributed by atoms with Crippen LogP contribution in [-0.4, -0.2) is 31.5 Å². The monoisotopic (exact) mass is 470 g/mol. The summed E-state index contributed by atoms with van der Waals surface area (Å²) in [7, 11) is 4.12. The lowest BCUT2D eigenvalue weighted by Crippen LogP contribution is -2.36. The van der Waals surface area contributed by atoms with Crippen LogP contribution in [0.3, 0.4) is 0 Å². The van der Waals surface area contributed by atoms with E-state index in [2.05, 4.69) is 58.9 Å². The molecule has 0 aliphatic heterocycles. The van der Waals surface area contributed by atoms with Gasteiger partial charge in [-0.05, 0) is 49.8 Å². The molecule has 0 unspecified atom stereocenters. The molecule has 4 nitrogen and oxygen atoms in total. The lowest BCUT2D eigenvalue weighted by molar-refractivity contribution is 0.402. The van der Waals surface area contributed by atoms with Gasteiger partial charge in [-0.15, -0.1) is 24.0 Å². The summed E-state index contributed by atoms with van der Waals surface area (Å²) in [6.07, 6.45) is 0. The first-order chi connectivity index (χ1) is 12.1. The molecule has 0 atom stereocenters. The van der Waals surface area contributed by atoms with Crippen molar-refractivity contribution in [3.63, 3.8) is 0 Å². The molecular formula is C20H28FIN4. The van der Waals surface area contributed by atoms with Crippen molar-refractivity contribution in [1.82, 2.24) is 15.5 Å². The zero-order valence-electron chi connectivity index (χ0n) is 15.6. The Labute approximate surface area is 172 Å². The Morgan fingerprint density at radius 3 is 2.38 bits per heavy atom. The Morgan fingerprint density at radius 1 is 1.00 bits per heavy atom. The molecular weight excluding hydrogens is 442 g/mol. The Bertz CT molecular complexity index is 704. The van der Waals surface area contributed by atoms with E-state index >= 15 is 0 Å². The van der Waals surface area contributed by atoms with Gasteiger partial charge in [0.25, 0.3) is 0 Å². The van der Waals surface area contributed by atoms with Crippen molar-refractivity contribution in [3.8, 4) is 0 Å². The minimum absolute atomic E-state index is 0. The molecule has 0 amide bonds. The average Bonchev–Trinajstić information content (AvgIpc) is 2.57. The Kier molecular flexibility index (Phi) is 10.2. The molecule has 2 aromatic carbocycles. The summed E-state index contributed by atoms with van der Waals surface area (Å²) < 4.78 is 13.3. The maximum atomic E-state index is 13.3. The first-order valence-electron chi connectivity index (χ1n) is 8.56. The summed E-state index contributed by atoms with van der Waals surface area (Å²) in [5.74, 6) is 0.503. The molecule has 26 heavy (non-hydrogen) atoms. The van der Waals surface area contributed by atoms with Crippen LogP contribution in [0.4, 0.5) is 4.39 Å². The number of guanidine groups is 1. The van der Waals surface area contributed by atoms with E-state index in [0.717, 1.165) is 24.6 Å². The number of rotatable bonds is 7. The molecule has 2 rings (SSSR count). The van der Waals surface area contributed by atoms with Crippen LogP contribution in [0, 0.1) is 5.82 Å². The highest BCUT2D eigenvalue weighted by Crippen LogP contribution is 2.08. The molecule has 0 saturated carbocycles. The highest BCUT2D eigenvalue weighted by molar-refractivity contribution is 14.0. The number of halogens is 2. The smallest absolute Gasteiger partial charge is 0.191 e. The summed E-state index contributed by atoms with van der Waals surface area (Å²) >= 11 is 0. The van der Waals surface area contributed by atoms with E-state index in [9.17, 15) is 4.39 Å². The number of nitrogens with one attached hydrogen (secondary N) is 2. The number of benzene rings is 2. The van der Waals surface area contributed by atoms with Crippen LogP contribution in [0.25, 0.3) is 0 Å². The van der Waals surface area contributed by atoms with Crippen molar-refractivity contribution >= 4 is 29.9 Å². The fourth-order valence-electron chi connectivity index (χ4n) is 2.54. The van der Waals surface area contributed by atoms with Crippen molar-refractivity contribution in [3.05, 3.63) is 71.0 Å². The van der Waals surface area contributed by atoms with Crippen molar-refractivity contribution < 1.29 is 4.39 Å². The molecule has 0 bridgehead atoms. The van der Waals surface area contributed by atoms with Crippen LogP contribution in [0.15, 0.2) is 53.5 Å². The SMILES string of the molecule is CCNC(=NCc1cccc(CN(C)C)c1)NCc1cccc(F)c1.I. The number of nitrogens with zero attached hydrogens (tertiary/aromatic N) is 2. The quantitative estimate of drug-likeness (QED) is 0.368. The second-order valence-corrected chi connectivity index (χ2v) is 6.24. The molecule has 0 saturated heterocycles. The lowest BCUT2D eigenvalue weighted by Gasteiger charge is -2.12. The normalized spacial score (nSPS) is 11.2. The van der Waals surface area contributed by atoms with Crippen molar-refractivity contribution in [2.75, 3.05) is 20.6 Å². The molecule has 0 aliphatic carbocycles. The number of aliphatic imine (C=N–C) groups is 1. The fraction of sp³-hybridized carbons (Fsp3) is 0.350. The van der Waals surface area contributed by atoms with Crippen molar-refractivity contribution in [2.45, 2.75) is 26.6 Å². The van der Waals surface area contributed by atoms with Gasteiger partial charge >= 0.3 is 0 Å². The van der Waals surface area contributed by atoms with Gasteiger partial charge in [0.1, 0.15) is 5.82 Å². The molecule has 2 N–H and O–H groups in total. The van der Waals surface area contributed by atoms with Gasteiger partial charge in [-0.2, -0.15) is 0 Å². The molecule has 0 aliphatic rings. The van der Waals surface area contributed by atoms with Crippen molar-refractivity contribution in [2.24, 2.45) is 4.99 Å². The van der Waals surface area contributed by atoms with Gasteiger partial charge in [-0.25, -0.2) is 9.38 Å². The van der Waals surface area contributed by atoms with E-state index in [-0.39, 0.29) is 29.8 Å². The maximum Gasteiger partial charge on any atom is 0.191 e. The van der Waals surface area contributed by atoms with E-state index in [1.165, 1.54) is 23.3 Å². The van der Waals surface area contributed by atoms with E-state index in [4.69, 9.17) is 0 Å². The standard InChI is InChI=1S/C20H27FN4.HI/c1-4-22-20(24-14-17-8-6-10-19(21)12-17)23-13-16-7-5-9-18(11-16)15-25(2)3;/h5-12H,4,13-15H2,1-3H3,(H2,22,23,24);1H. The third-order valence-corrected chi connectivity index (χ3v) is 3.60. The van der Waals surface area contributed by atoms with E-state index in [1.54, 1.807) is 6.07 Å². The zero-order valence-corrected chi connectivity index (χ0v) is 18.0. The molecule has 0 heterocycles. The van der Waals surface area contributed by atoms with Gasteiger partial charge in [-0.3, -0.25) is 0 Å². The van der Waals surface area contributed by atoms with Crippen LogP contribution in [-0.2, 0) is 19.6 Å². The van der Waals surface area contributed by atoms with Gasteiger partial charge in [0.2, 0.25) is 0 Å². The largest absolute Gasteiger partial charge is 0.357 e. The third kappa shape index (κ3) is 8.14. The van der Waals surface area contributed by atoms with Crippen LogP contribution >= 0.6 is 24.0 Å². The van der Waals surface area contributed by atoms with E-state index < -0.39 is 0 Å².